The SMILES string of the molecule is COc1ccc(-c2csc(-c3cc(NC(=O)c4ccc(OC(C)C)cc4)n(C)n3)n2)cc1OC. The first-order chi connectivity index (χ1) is 16.4. The molecule has 1 N–H and O–H groups in total. The van der Waals surface area contributed by atoms with Crippen LogP contribution in [0.2, 0.25) is 0 Å². The number of hydrogen-bond donors (Lipinski definition) is 1. The molecule has 0 atom stereocenters. The fourth-order valence-corrected chi connectivity index (χ4v) is 4.14. The minimum atomic E-state index is -0.226. The van der Waals surface area contributed by atoms with E-state index < -0.39 is 0 Å². The number of hydrogen-bond acceptors (Lipinski definition) is 7. The van der Waals surface area contributed by atoms with E-state index in [0.717, 1.165) is 22.0 Å². The number of thiazole rings is 1. The Morgan fingerprint density at radius 1 is 1.00 bits per heavy atom. The minimum absolute atomic E-state index is 0.0747. The van der Waals surface area contributed by atoms with Crippen molar-refractivity contribution in [2.24, 2.45) is 7.05 Å². The highest BCUT2D eigenvalue weighted by molar-refractivity contribution is 7.13. The summed E-state index contributed by atoms with van der Waals surface area (Å²) in [4.78, 5) is 17.4. The number of nitrogens with one attached hydrogen (secondary N) is 1. The van der Waals surface area contributed by atoms with Gasteiger partial charge in [0.1, 0.15) is 22.3 Å². The van der Waals surface area contributed by atoms with Gasteiger partial charge in [-0.15, -0.1) is 11.3 Å². The molecule has 1 amide bonds. The lowest BCUT2D eigenvalue weighted by molar-refractivity contribution is 0.102. The summed E-state index contributed by atoms with van der Waals surface area (Å²) in [6.45, 7) is 3.92. The number of aromatic nitrogens is 3. The second-order valence-electron chi connectivity index (χ2n) is 7.79. The molecule has 0 fully saturated rings. The lowest BCUT2D eigenvalue weighted by Crippen LogP contribution is -2.14. The van der Waals surface area contributed by atoms with Crippen LogP contribution in [0.15, 0.2) is 53.9 Å². The molecule has 0 bridgehead atoms. The number of carbonyl (C=O) groups is 1. The molecule has 34 heavy (non-hydrogen) atoms. The molecular formula is C25H26N4O4S. The van der Waals surface area contributed by atoms with Gasteiger partial charge in [0.05, 0.1) is 26.0 Å². The highest BCUT2D eigenvalue weighted by atomic mass is 32.1. The molecule has 4 rings (SSSR count). The van der Waals surface area contributed by atoms with E-state index in [2.05, 4.69) is 10.4 Å². The van der Waals surface area contributed by atoms with E-state index in [0.29, 0.717) is 28.6 Å². The van der Waals surface area contributed by atoms with Crippen LogP contribution in [0.3, 0.4) is 0 Å². The molecule has 0 unspecified atom stereocenters. The van der Waals surface area contributed by atoms with Gasteiger partial charge in [-0.2, -0.15) is 5.10 Å². The zero-order chi connectivity index (χ0) is 24.2. The van der Waals surface area contributed by atoms with Gasteiger partial charge < -0.3 is 19.5 Å². The van der Waals surface area contributed by atoms with Crippen LogP contribution < -0.4 is 19.5 Å². The Morgan fingerprint density at radius 3 is 2.41 bits per heavy atom. The number of benzene rings is 2. The van der Waals surface area contributed by atoms with Crippen molar-refractivity contribution >= 4 is 23.1 Å². The number of methoxy groups -OCH3 is 2. The molecular weight excluding hydrogens is 452 g/mol. The predicted molar refractivity (Wildman–Crippen MR) is 133 cm³/mol. The van der Waals surface area contributed by atoms with Crippen LogP contribution in [0.5, 0.6) is 17.2 Å². The van der Waals surface area contributed by atoms with E-state index in [1.807, 2.05) is 43.5 Å². The molecule has 176 valence electrons. The summed E-state index contributed by atoms with van der Waals surface area (Å²) >= 11 is 1.48. The first kappa shape index (κ1) is 23.3. The fourth-order valence-electron chi connectivity index (χ4n) is 3.35. The van der Waals surface area contributed by atoms with Gasteiger partial charge in [0, 0.05) is 29.6 Å². The van der Waals surface area contributed by atoms with E-state index in [9.17, 15) is 4.79 Å². The number of anilines is 1. The van der Waals surface area contributed by atoms with Crippen LogP contribution in [0.4, 0.5) is 5.82 Å². The van der Waals surface area contributed by atoms with Crippen molar-refractivity contribution in [1.29, 1.82) is 0 Å². The van der Waals surface area contributed by atoms with E-state index in [4.69, 9.17) is 19.2 Å². The standard InChI is InChI=1S/C25H26N4O4S/c1-15(2)33-18-9-6-16(7-10-18)24(30)27-23-13-19(28-29(23)3)25-26-20(14-34-25)17-8-11-21(31-4)22(12-17)32-5/h6-15H,1-5H3,(H,27,30). The van der Waals surface area contributed by atoms with Crippen molar-refractivity contribution in [1.82, 2.24) is 14.8 Å². The molecule has 0 radical (unpaired) electrons. The molecule has 2 heterocycles. The third-order valence-electron chi connectivity index (χ3n) is 5.01. The minimum Gasteiger partial charge on any atom is -0.493 e. The molecule has 2 aromatic carbocycles. The highest BCUT2D eigenvalue weighted by Gasteiger charge is 2.16. The molecule has 0 aliphatic carbocycles. The summed E-state index contributed by atoms with van der Waals surface area (Å²) in [6, 6.07) is 14.5. The average molecular weight is 479 g/mol. The van der Waals surface area contributed by atoms with E-state index in [1.54, 1.807) is 50.2 Å². The fraction of sp³-hybridized carbons (Fsp3) is 0.240. The van der Waals surface area contributed by atoms with Gasteiger partial charge in [-0.25, -0.2) is 4.98 Å². The Hall–Kier alpha value is -3.85. The molecule has 0 aliphatic rings. The smallest absolute Gasteiger partial charge is 0.256 e. The van der Waals surface area contributed by atoms with E-state index >= 15 is 0 Å². The van der Waals surface area contributed by atoms with Crippen molar-refractivity contribution in [2.75, 3.05) is 19.5 Å². The lowest BCUT2D eigenvalue weighted by atomic mass is 10.1. The largest absolute Gasteiger partial charge is 0.493 e. The molecule has 9 heteroatoms. The molecule has 0 spiro atoms. The number of amides is 1. The van der Waals surface area contributed by atoms with Crippen molar-refractivity contribution in [3.8, 4) is 39.2 Å². The number of nitrogens with zero attached hydrogens (tertiary/aromatic N) is 3. The van der Waals surface area contributed by atoms with Crippen LogP contribution in [0, 0.1) is 0 Å². The summed E-state index contributed by atoms with van der Waals surface area (Å²) < 4.78 is 18.0. The monoisotopic (exact) mass is 478 g/mol. The lowest BCUT2D eigenvalue weighted by Gasteiger charge is -2.10. The summed E-state index contributed by atoms with van der Waals surface area (Å²) in [5.41, 5.74) is 2.93. The van der Waals surface area contributed by atoms with Crippen LogP contribution in [0.25, 0.3) is 22.0 Å². The summed E-state index contributed by atoms with van der Waals surface area (Å²) in [5, 5.41) is 10.1. The van der Waals surface area contributed by atoms with E-state index in [1.165, 1.54) is 11.3 Å². The normalized spacial score (nSPS) is 10.9. The Morgan fingerprint density at radius 2 is 1.74 bits per heavy atom. The van der Waals surface area contributed by atoms with Crippen molar-refractivity contribution in [3.63, 3.8) is 0 Å². The Kier molecular flexibility index (Phi) is 6.83. The van der Waals surface area contributed by atoms with Crippen LogP contribution in [-0.4, -0.2) is 41.0 Å². The maximum absolute atomic E-state index is 12.7. The quantitative estimate of drug-likeness (QED) is 0.371. The first-order valence-electron chi connectivity index (χ1n) is 10.7. The van der Waals surface area contributed by atoms with Gasteiger partial charge in [-0.3, -0.25) is 9.48 Å². The number of rotatable bonds is 8. The van der Waals surface area contributed by atoms with Gasteiger partial charge >= 0.3 is 0 Å². The summed E-state index contributed by atoms with van der Waals surface area (Å²) in [7, 11) is 4.99. The van der Waals surface area contributed by atoms with Gasteiger partial charge in [-0.05, 0) is 56.3 Å². The zero-order valence-electron chi connectivity index (χ0n) is 19.7. The molecule has 2 aromatic heterocycles. The maximum atomic E-state index is 12.7. The van der Waals surface area contributed by atoms with Crippen molar-refractivity contribution < 1.29 is 19.0 Å². The van der Waals surface area contributed by atoms with Crippen molar-refractivity contribution in [2.45, 2.75) is 20.0 Å². The zero-order valence-corrected chi connectivity index (χ0v) is 20.5. The Balaban J connectivity index is 1.50. The highest BCUT2D eigenvalue weighted by Crippen LogP contribution is 2.34. The van der Waals surface area contributed by atoms with E-state index in [-0.39, 0.29) is 12.0 Å². The second-order valence-corrected chi connectivity index (χ2v) is 8.65. The Bertz CT molecular complexity index is 1290. The third-order valence-corrected chi connectivity index (χ3v) is 5.88. The van der Waals surface area contributed by atoms with Crippen LogP contribution in [0.1, 0.15) is 24.2 Å². The topological polar surface area (TPSA) is 87.5 Å². The van der Waals surface area contributed by atoms with Gasteiger partial charge in [0.25, 0.3) is 5.91 Å². The summed E-state index contributed by atoms with van der Waals surface area (Å²) in [5.74, 6) is 2.37. The predicted octanol–water partition coefficient (Wildman–Crippen LogP) is 5.27. The first-order valence-corrected chi connectivity index (χ1v) is 11.6. The Labute approximate surface area is 202 Å². The third kappa shape index (κ3) is 5.04. The average Bonchev–Trinajstić information content (AvgIpc) is 3.46. The number of ether oxygens (including phenoxy) is 3. The van der Waals surface area contributed by atoms with Gasteiger partial charge in [-0.1, -0.05) is 0 Å². The second kappa shape index (κ2) is 9.96. The number of aryl methyl sites for hydroxylation is 1. The van der Waals surface area contributed by atoms with Crippen LogP contribution >= 0.6 is 11.3 Å². The molecule has 4 aromatic rings. The van der Waals surface area contributed by atoms with Crippen molar-refractivity contribution in [3.05, 3.63) is 59.5 Å². The molecule has 0 aliphatic heterocycles. The summed E-state index contributed by atoms with van der Waals surface area (Å²) in [6.07, 6.45) is 0.0747. The van der Waals surface area contributed by atoms with Gasteiger partial charge in [0.15, 0.2) is 11.5 Å². The number of carbonyl (C=O) groups excluding carboxylic acids is 1. The molecule has 8 nitrogen and oxygen atoms in total. The molecule has 0 saturated heterocycles. The maximum Gasteiger partial charge on any atom is 0.256 e. The molecule has 0 saturated carbocycles. The van der Waals surface area contributed by atoms with Gasteiger partial charge in [0.2, 0.25) is 0 Å². The van der Waals surface area contributed by atoms with Crippen LogP contribution in [-0.2, 0) is 7.05 Å².